The lowest BCUT2D eigenvalue weighted by Crippen LogP contribution is -2.09. The second kappa shape index (κ2) is 7.56. The SMILES string of the molecule is Nc1c(C(=O)O)nnn1Cc1cc(Cl)c(C(=O)c2ccc(Cl)cc2)c(Cl)c1. The summed E-state index contributed by atoms with van der Waals surface area (Å²) in [5.74, 6) is -1.73. The van der Waals surface area contributed by atoms with Crippen LogP contribution in [-0.2, 0) is 6.54 Å². The molecule has 0 radical (unpaired) electrons. The van der Waals surface area contributed by atoms with Gasteiger partial charge in [0.2, 0.25) is 5.69 Å². The number of carbonyl (C=O) groups excluding carboxylic acids is 1. The van der Waals surface area contributed by atoms with Gasteiger partial charge < -0.3 is 10.8 Å². The molecule has 0 spiro atoms. The average molecular weight is 426 g/mol. The number of aromatic carboxylic acids is 1. The van der Waals surface area contributed by atoms with Crippen molar-refractivity contribution in [3.63, 3.8) is 0 Å². The molecule has 1 heterocycles. The summed E-state index contributed by atoms with van der Waals surface area (Å²) >= 11 is 18.4. The molecule has 0 fully saturated rings. The molecule has 3 aromatic rings. The highest BCUT2D eigenvalue weighted by Gasteiger charge is 2.20. The zero-order valence-corrected chi connectivity index (χ0v) is 15.8. The van der Waals surface area contributed by atoms with E-state index in [1.165, 1.54) is 16.8 Å². The Hall–Kier alpha value is -2.61. The van der Waals surface area contributed by atoms with Gasteiger partial charge in [0.15, 0.2) is 11.6 Å². The van der Waals surface area contributed by atoms with Crippen LogP contribution in [0.2, 0.25) is 15.1 Å². The number of ketones is 1. The van der Waals surface area contributed by atoms with Gasteiger partial charge in [0.25, 0.3) is 0 Å². The molecule has 2 aromatic carbocycles. The van der Waals surface area contributed by atoms with Crippen LogP contribution in [0.4, 0.5) is 5.82 Å². The summed E-state index contributed by atoms with van der Waals surface area (Å²) in [5.41, 5.74) is 6.50. The Labute approximate surface area is 168 Å². The Morgan fingerprint density at radius 3 is 2.19 bits per heavy atom. The molecule has 0 aliphatic rings. The summed E-state index contributed by atoms with van der Waals surface area (Å²) in [7, 11) is 0. The van der Waals surface area contributed by atoms with E-state index in [-0.39, 0.29) is 39.4 Å². The Morgan fingerprint density at radius 1 is 1.07 bits per heavy atom. The van der Waals surface area contributed by atoms with Gasteiger partial charge in [-0.3, -0.25) is 4.79 Å². The minimum atomic E-state index is -1.28. The first-order valence-electron chi connectivity index (χ1n) is 7.48. The van der Waals surface area contributed by atoms with Crippen LogP contribution in [0.3, 0.4) is 0 Å². The van der Waals surface area contributed by atoms with Crippen molar-refractivity contribution in [2.24, 2.45) is 0 Å². The van der Waals surface area contributed by atoms with Gasteiger partial charge in [-0.15, -0.1) is 5.10 Å². The van der Waals surface area contributed by atoms with E-state index in [4.69, 9.17) is 45.6 Å². The maximum absolute atomic E-state index is 12.7. The van der Waals surface area contributed by atoms with Gasteiger partial charge in [0.05, 0.1) is 22.2 Å². The predicted molar refractivity (Wildman–Crippen MR) is 102 cm³/mol. The van der Waals surface area contributed by atoms with Crippen molar-refractivity contribution >= 4 is 52.4 Å². The standard InChI is InChI=1S/C17H11Cl3N4O3/c18-10-3-1-9(2-4-10)15(25)13-11(19)5-8(6-12(13)20)7-24-16(21)14(17(26)27)22-23-24/h1-6H,7,21H2,(H,26,27). The molecular weight excluding hydrogens is 415 g/mol. The molecule has 0 unspecified atom stereocenters. The lowest BCUT2D eigenvalue weighted by molar-refractivity contribution is 0.0691. The van der Waals surface area contributed by atoms with Crippen LogP contribution in [0.1, 0.15) is 32.0 Å². The molecule has 0 saturated heterocycles. The van der Waals surface area contributed by atoms with Crippen molar-refractivity contribution in [2.75, 3.05) is 5.73 Å². The maximum atomic E-state index is 12.7. The molecule has 0 aliphatic heterocycles. The lowest BCUT2D eigenvalue weighted by atomic mass is 10.0. The molecule has 138 valence electrons. The Kier molecular flexibility index (Phi) is 5.36. The van der Waals surface area contributed by atoms with Crippen molar-refractivity contribution in [3.05, 3.63) is 73.9 Å². The number of halogens is 3. The summed E-state index contributed by atoms with van der Waals surface area (Å²) < 4.78 is 1.20. The van der Waals surface area contributed by atoms with E-state index in [9.17, 15) is 9.59 Å². The fourth-order valence-corrected chi connectivity index (χ4v) is 3.27. The summed E-state index contributed by atoms with van der Waals surface area (Å²) in [4.78, 5) is 23.7. The van der Waals surface area contributed by atoms with E-state index >= 15 is 0 Å². The smallest absolute Gasteiger partial charge is 0.360 e. The van der Waals surface area contributed by atoms with Gasteiger partial charge in [-0.2, -0.15) is 0 Å². The number of nitrogens with zero attached hydrogens (tertiary/aromatic N) is 3. The number of carbonyl (C=O) groups is 2. The van der Waals surface area contributed by atoms with Crippen molar-refractivity contribution in [3.8, 4) is 0 Å². The highest BCUT2D eigenvalue weighted by atomic mass is 35.5. The fourth-order valence-electron chi connectivity index (χ4n) is 2.44. The summed E-state index contributed by atoms with van der Waals surface area (Å²) in [6.45, 7) is 0.0843. The molecule has 0 saturated carbocycles. The van der Waals surface area contributed by atoms with Crippen LogP contribution < -0.4 is 5.73 Å². The fraction of sp³-hybridized carbons (Fsp3) is 0.0588. The van der Waals surface area contributed by atoms with Crippen molar-refractivity contribution in [2.45, 2.75) is 6.54 Å². The van der Waals surface area contributed by atoms with E-state index in [2.05, 4.69) is 10.3 Å². The first kappa shape index (κ1) is 19.2. The average Bonchev–Trinajstić information content (AvgIpc) is 2.95. The highest BCUT2D eigenvalue weighted by molar-refractivity contribution is 6.41. The van der Waals surface area contributed by atoms with Crippen molar-refractivity contribution in [1.82, 2.24) is 15.0 Å². The maximum Gasteiger partial charge on any atom is 0.360 e. The molecule has 0 amide bonds. The highest BCUT2D eigenvalue weighted by Crippen LogP contribution is 2.30. The molecule has 7 nitrogen and oxygen atoms in total. The molecule has 0 aliphatic carbocycles. The number of carboxylic acids is 1. The summed E-state index contributed by atoms with van der Waals surface area (Å²) in [6.07, 6.45) is 0. The van der Waals surface area contributed by atoms with E-state index in [0.717, 1.165) is 0 Å². The number of benzene rings is 2. The summed E-state index contributed by atoms with van der Waals surface area (Å²) in [6, 6.07) is 9.43. The molecule has 3 N–H and O–H groups in total. The third-order valence-electron chi connectivity index (χ3n) is 3.74. The second-order valence-corrected chi connectivity index (χ2v) is 6.81. The van der Waals surface area contributed by atoms with Gasteiger partial charge in [0, 0.05) is 10.6 Å². The van der Waals surface area contributed by atoms with Crippen LogP contribution in [0.5, 0.6) is 0 Å². The zero-order valence-electron chi connectivity index (χ0n) is 13.5. The largest absolute Gasteiger partial charge is 0.476 e. The van der Waals surface area contributed by atoms with E-state index in [1.807, 2.05) is 0 Å². The minimum Gasteiger partial charge on any atom is -0.476 e. The minimum absolute atomic E-state index is 0.0843. The van der Waals surface area contributed by atoms with Crippen molar-refractivity contribution < 1.29 is 14.7 Å². The third-order valence-corrected chi connectivity index (χ3v) is 4.59. The second-order valence-electron chi connectivity index (χ2n) is 5.56. The van der Waals surface area contributed by atoms with Crippen LogP contribution in [0, 0.1) is 0 Å². The summed E-state index contributed by atoms with van der Waals surface area (Å²) in [5, 5.41) is 17.0. The van der Waals surface area contributed by atoms with Gasteiger partial charge >= 0.3 is 5.97 Å². The lowest BCUT2D eigenvalue weighted by Gasteiger charge is -2.10. The van der Waals surface area contributed by atoms with Gasteiger partial charge in [-0.25, -0.2) is 9.48 Å². The normalized spacial score (nSPS) is 10.8. The Balaban J connectivity index is 1.92. The van der Waals surface area contributed by atoms with Crippen LogP contribution in [-0.4, -0.2) is 31.9 Å². The first-order valence-corrected chi connectivity index (χ1v) is 8.61. The molecule has 0 bridgehead atoms. The Bertz CT molecular complexity index is 1030. The zero-order chi connectivity index (χ0) is 19.7. The predicted octanol–water partition coefficient (Wildman–Crippen LogP) is 3.80. The molecule has 10 heteroatoms. The van der Waals surface area contributed by atoms with Crippen molar-refractivity contribution in [1.29, 1.82) is 0 Å². The number of carboxylic acid groups (broad SMARTS) is 1. The number of nitrogens with two attached hydrogens (primary N) is 1. The molecule has 3 rings (SSSR count). The monoisotopic (exact) mass is 424 g/mol. The van der Waals surface area contributed by atoms with Crippen LogP contribution in [0.15, 0.2) is 36.4 Å². The van der Waals surface area contributed by atoms with Gasteiger partial charge in [0.1, 0.15) is 0 Å². The Morgan fingerprint density at radius 2 is 1.67 bits per heavy atom. The number of hydrogen-bond donors (Lipinski definition) is 2. The number of aromatic nitrogens is 3. The van der Waals surface area contributed by atoms with Gasteiger partial charge in [-0.1, -0.05) is 40.0 Å². The van der Waals surface area contributed by atoms with E-state index in [1.54, 1.807) is 24.3 Å². The number of nitrogen functional groups attached to an aromatic ring is 1. The van der Waals surface area contributed by atoms with E-state index in [0.29, 0.717) is 16.1 Å². The molecule has 0 atom stereocenters. The van der Waals surface area contributed by atoms with Crippen LogP contribution >= 0.6 is 34.8 Å². The molecule has 1 aromatic heterocycles. The molecule has 27 heavy (non-hydrogen) atoms. The van der Waals surface area contributed by atoms with Gasteiger partial charge in [-0.05, 0) is 42.0 Å². The van der Waals surface area contributed by atoms with E-state index < -0.39 is 5.97 Å². The number of hydrogen-bond acceptors (Lipinski definition) is 5. The van der Waals surface area contributed by atoms with Crippen LogP contribution in [0.25, 0.3) is 0 Å². The molecular formula is C17H11Cl3N4O3. The number of anilines is 1. The topological polar surface area (TPSA) is 111 Å². The number of rotatable bonds is 5. The quantitative estimate of drug-likeness (QED) is 0.601. The first-order chi connectivity index (χ1) is 12.8. The third kappa shape index (κ3) is 3.90.